The lowest BCUT2D eigenvalue weighted by Gasteiger charge is -2.10. The third-order valence-corrected chi connectivity index (χ3v) is 2.04. The molecule has 1 amide bonds. The molecule has 0 radical (unpaired) electrons. The molecule has 1 rings (SSSR count). The molecule has 19 heavy (non-hydrogen) atoms. The number of carbonyl (C=O) groups is 1. The van der Waals surface area contributed by atoms with Gasteiger partial charge in [-0.25, -0.2) is 4.98 Å². The molecule has 4 N–H and O–H groups in total. The highest BCUT2D eigenvalue weighted by Crippen LogP contribution is 2.29. The van der Waals surface area contributed by atoms with Gasteiger partial charge >= 0.3 is 6.18 Å². The summed E-state index contributed by atoms with van der Waals surface area (Å²) in [6, 6.07) is 0.698. The molecule has 0 fully saturated rings. The molecule has 0 aromatic carbocycles. The van der Waals surface area contributed by atoms with E-state index in [2.05, 4.69) is 20.6 Å². The number of amides is 1. The van der Waals surface area contributed by atoms with Crippen molar-refractivity contribution >= 4 is 17.7 Å². The highest BCUT2D eigenvalue weighted by atomic mass is 19.4. The number of carbonyl (C=O) groups excluding carboxylic acids is 1. The minimum atomic E-state index is -4.61. The quantitative estimate of drug-likeness (QED) is 0.747. The summed E-state index contributed by atoms with van der Waals surface area (Å²) in [5.41, 5.74) is 4.02. The first-order valence-electron chi connectivity index (χ1n) is 5.55. The van der Waals surface area contributed by atoms with Crippen LogP contribution in [0.1, 0.15) is 19.0 Å². The Morgan fingerprint density at radius 3 is 2.68 bits per heavy atom. The summed E-state index contributed by atoms with van der Waals surface area (Å²) in [4.78, 5) is 17.9. The summed E-state index contributed by atoms with van der Waals surface area (Å²) in [6.07, 6.45) is -3.84. The summed E-state index contributed by atoms with van der Waals surface area (Å²) in [5.74, 6) is -0.995. The number of hydrogen-bond acceptors (Lipinski definition) is 5. The monoisotopic (exact) mass is 277 g/mol. The second-order valence-electron chi connectivity index (χ2n) is 3.70. The van der Waals surface area contributed by atoms with Crippen LogP contribution in [0.2, 0.25) is 0 Å². The Morgan fingerprint density at radius 1 is 1.42 bits per heavy atom. The van der Waals surface area contributed by atoms with Crippen molar-refractivity contribution in [1.82, 2.24) is 15.3 Å². The van der Waals surface area contributed by atoms with Gasteiger partial charge in [-0.3, -0.25) is 4.79 Å². The van der Waals surface area contributed by atoms with Crippen molar-refractivity contribution < 1.29 is 18.0 Å². The molecule has 0 unspecified atom stereocenters. The van der Waals surface area contributed by atoms with E-state index in [1.807, 2.05) is 6.92 Å². The second-order valence-corrected chi connectivity index (χ2v) is 3.70. The summed E-state index contributed by atoms with van der Waals surface area (Å²) < 4.78 is 37.4. The molecular formula is C10H14F3N5O. The van der Waals surface area contributed by atoms with Crippen LogP contribution in [0.4, 0.5) is 24.9 Å². The summed E-state index contributed by atoms with van der Waals surface area (Å²) in [6.45, 7) is 2.20. The molecule has 0 atom stereocenters. The van der Waals surface area contributed by atoms with Gasteiger partial charge in [-0.1, -0.05) is 6.92 Å². The van der Waals surface area contributed by atoms with Crippen molar-refractivity contribution in [3.05, 3.63) is 11.8 Å². The number of nitrogens with zero attached hydrogens (tertiary/aromatic N) is 2. The number of nitrogens with two attached hydrogens (primary N) is 1. The van der Waals surface area contributed by atoms with Crippen LogP contribution < -0.4 is 16.4 Å². The molecule has 9 heteroatoms. The van der Waals surface area contributed by atoms with Crippen LogP contribution in [0.5, 0.6) is 0 Å². The second kappa shape index (κ2) is 6.21. The fourth-order valence-electron chi connectivity index (χ4n) is 1.20. The van der Waals surface area contributed by atoms with Gasteiger partial charge in [0, 0.05) is 12.6 Å². The first-order chi connectivity index (χ1) is 8.82. The van der Waals surface area contributed by atoms with Crippen molar-refractivity contribution in [3.8, 4) is 0 Å². The lowest BCUT2D eigenvalue weighted by Crippen LogP contribution is -2.30. The van der Waals surface area contributed by atoms with E-state index in [0.29, 0.717) is 12.6 Å². The number of aromatic nitrogens is 2. The normalized spacial score (nSPS) is 11.2. The van der Waals surface area contributed by atoms with Gasteiger partial charge in [-0.05, 0) is 6.42 Å². The number of anilines is 2. The Kier molecular flexibility index (Phi) is 4.90. The van der Waals surface area contributed by atoms with Crippen molar-refractivity contribution in [1.29, 1.82) is 0 Å². The molecular weight excluding hydrogens is 263 g/mol. The van der Waals surface area contributed by atoms with E-state index in [9.17, 15) is 18.0 Å². The van der Waals surface area contributed by atoms with Gasteiger partial charge in [0.25, 0.3) is 0 Å². The number of nitrogens with one attached hydrogen (secondary N) is 2. The van der Waals surface area contributed by atoms with Crippen LogP contribution in [0.15, 0.2) is 6.07 Å². The fourth-order valence-corrected chi connectivity index (χ4v) is 1.20. The first kappa shape index (κ1) is 15.0. The molecule has 0 saturated heterocycles. The van der Waals surface area contributed by atoms with Crippen molar-refractivity contribution in [3.63, 3.8) is 0 Å². The zero-order valence-corrected chi connectivity index (χ0v) is 10.2. The maximum atomic E-state index is 12.5. The van der Waals surface area contributed by atoms with E-state index in [1.54, 1.807) is 0 Å². The Morgan fingerprint density at radius 2 is 2.11 bits per heavy atom. The Bertz CT molecular complexity index is 449. The average Bonchev–Trinajstić information content (AvgIpc) is 2.32. The Hall–Kier alpha value is -2.06. The van der Waals surface area contributed by atoms with Crippen LogP contribution in [0, 0.1) is 0 Å². The molecule has 106 valence electrons. The van der Waals surface area contributed by atoms with Crippen molar-refractivity contribution in [2.45, 2.75) is 19.5 Å². The van der Waals surface area contributed by atoms with Crippen LogP contribution in [-0.2, 0) is 11.0 Å². The molecule has 0 aliphatic heterocycles. The molecule has 1 aromatic rings. The van der Waals surface area contributed by atoms with Crippen LogP contribution >= 0.6 is 0 Å². The van der Waals surface area contributed by atoms with Crippen LogP contribution in [-0.4, -0.2) is 29.0 Å². The fraction of sp³-hybridized carbons (Fsp3) is 0.500. The van der Waals surface area contributed by atoms with E-state index in [4.69, 9.17) is 5.73 Å². The molecule has 0 spiro atoms. The first-order valence-corrected chi connectivity index (χ1v) is 5.55. The Balaban J connectivity index is 2.69. The van der Waals surface area contributed by atoms with Gasteiger partial charge in [0.1, 0.15) is 5.82 Å². The third kappa shape index (κ3) is 4.98. The van der Waals surface area contributed by atoms with Crippen molar-refractivity contribution in [2.75, 3.05) is 24.1 Å². The molecule has 1 heterocycles. The van der Waals surface area contributed by atoms with Gasteiger partial charge < -0.3 is 16.4 Å². The smallest absolute Gasteiger partial charge is 0.368 e. The van der Waals surface area contributed by atoms with E-state index >= 15 is 0 Å². The van der Waals surface area contributed by atoms with Crippen LogP contribution in [0.3, 0.4) is 0 Å². The molecule has 0 aliphatic rings. The molecule has 0 bridgehead atoms. The average molecular weight is 277 g/mol. The lowest BCUT2D eigenvalue weighted by atomic mass is 10.3. The summed E-state index contributed by atoms with van der Waals surface area (Å²) in [7, 11) is 0. The molecule has 0 saturated carbocycles. The van der Waals surface area contributed by atoms with Gasteiger partial charge in [0.2, 0.25) is 11.9 Å². The maximum Gasteiger partial charge on any atom is 0.433 e. The zero-order chi connectivity index (χ0) is 14.5. The number of halogens is 3. The lowest BCUT2D eigenvalue weighted by molar-refractivity contribution is -0.141. The van der Waals surface area contributed by atoms with E-state index in [0.717, 1.165) is 6.42 Å². The minimum absolute atomic E-state index is 0.147. The topological polar surface area (TPSA) is 92.9 Å². The van der Waals surface area contributed by atoms with Gasteiger partial charge in [0.15, 0.2) is 5.69 Å². The minimum Gasteiger partial charge on any atom is -0.368 e. The molecule has 0 aliphatic carbocycles. The zero-order valence-electron chi connectivity index (χ0n) is 10.2. The number of alkyl halides is 3. The van der Waals surface area contributed by atoms with Crippen molar-refractivity contribution in [2.24, 2.45) is 0 Å². The van der Waals surface area contributed by atoms with E-state index in [1.165, 1.54) is 0 Å². The highest BCUT2D eigenvalue weighted by Gasteiger charge is 2.33. The summed E-state index contributed by atoms with van der Waals surface area (Å²) >= 11 is 0. The largest absolute Gasteiger partial charge is 0.433 e. The predicted molar refractivity (Wildman–Crippen MR) is 63.2 cm³/mol. The number of nitrogen functional groups attached to an aromatic ring is 1. The number of hydrogen-bond donors (Lipinski definition) is 3. The van der Waals surface area contributed by atoms with E-state index in [-0.39, 0.29) is 18.3 Å². The Labute approximate surface area is 107 Å². The molecule has 6 nitrogen and oxygen atoms in total. The predicted octanol–water partition coefficient (Wildman–Crippen LogP) is 1.02. The van der Waals surface area contributed by atoms with Crippen LogP contribution in [0.25, 0.3) is 0 Å². The maximum absolute atomic E-state index is 12.5. The third-order valence-electron chi connectivity index (χ3n) is 2.04. The van der Waals surface area contributed by atoms with Gasteiger partial charge in [0.05, 0.1) is 6.54 Å². The highest BCUT2D eigenvalue weighted by molar-refractivity contribution is 5.80. The molecule has 1 aromatic heterocycles. The van der Waals surface area contributed by atoms with Gasteiger partial charge in [-0.2, -0.15) is 18.2 Å². The number of rotatable bonds is 5. The standard InChI is InChI=1S/C10H14F3N5O/c1-2-3-15-8(19)5-16-7-4-6(10(11,12)13)17-9(14)18-7/h4H,2-3,5H2,1H3,(H,15,19)(H3,14,16,17,18). The van der Waals surface area contributed by atoms with Gasteiger partial charge in [-0.15, -0.1) is 0 Å². The van der Waals surface area contributed by atoms with E-state index < -0.39 is 17.8 Å². The SMILES string of the molecule is CCCNC(=O)CNc1cc(C(F)(F)F)nc(N)n1. The summed E-state index contributed by atoms with van der Waals surface area (Å²) in [5, 5.41) is 5.03.